The van der Waals surface area contributed by atoms with Crippen molar-refractivity contribution in [1.82, 2.24) is 5.32 Å². The maximum atomic E-state index is 13.8. The van der Waals surface area contributed by atoms with Crippen LogP contribution in [0, 0.1) is 11.7 Å². The SMILES string of the molecule is CC(C)C(CCO)NC(=O)c1cccc(C(F)(F)F)c1F. The van der Waals surface area contributed by atoms with Crippen LogP contribution in [0.2, 0.25) is 0 Å². The van der Waals surface area contributed by atoms with Gasteiger partial charge < -0.3 is 10.4 Å². The number of carbonyl (C=O) groups is 1. The summed E-state index contributed by atoms with van der Waals surface area (Å²) in [6.45, 7) is 3.38. The number of hydrogen-bond acceptors (Lipinski definition) is 2. The first-order valence-corrected chi connectivity index (χ1v) is 6.46. The van der Waals surface area contributed by atoms with Gasteiger partial charge in [-0.25, -0.2) is 4.39 Å². The van der Waals surface area contributed by atoms with E-state index in [1.54, 1.807) is 13.8 Å². The van der Waals surface area contributed by atoms with E-state index in [9.17, 15) is 22.4 Å². The number of carbonyl (C=O) groups excluding carboxylic acids is 1. The summed E-state index contributed by atoms with van der Waals surface area (Å²) in [6.07, 6.45) is -4.62. The number of aliphatic hydroxyl groups is 1. The molecule has 1 unspecified atom stereocenters. The fourth-order valence-corrected chi connectivity index (χ4v) is 1.88. The first-order valence-electron chi connectivity index (χ1n) is 6.46. The zero-order valence-corrected chi connectivity index (χ0v) is 11.7. The zero-order chi connectivity index (χ0) is 16.2. The molecule has 1 amide bonds. The minimum atomic E-state index is -4.86. The molecule has 0 saturated heterocycles. The highest BCUT2D eigenvalue weighted by Crippen LogP contribution is 2.32. The Morgan fingerprint density at radius 2 is 1.95 bits per heavy atom. The smallest absolute Gasteiger partial charge is 0.396 e. The standard InChI is InChI=1S/C14H17F4NO2/c1-8(2)11(6-7-20)19-13(21)9-4-3-5-10(12(9)15)14(16,17)18/h3-5,8,11,20H,6-7H2,1-2H3,(H,19,21). The molecular weight excluding hydrogens is 290 g/mol. The summed E-state index contributed by atoms with van der Waals surface area (Å²) in [5.41, 5.74) is -2.13. The summed E-state index contributed by atoms with van der Waals surface area (Å²) in [6, 6.07) is 2.12. The van der Waals surface area contributed by atoms with Gasteiger partial charge in [-0.3, -0.25) is 4.79 Å². The van der Waals surface area contributed by atoms with E-state index in [1.165, 1.54) is 0 Å². The first kappa shape index (κ1) is 17.4. The molecule has 0 radical (unpaired) electrons. The third-order valence-electron chi connectivity index (χ3n) is 3.11. The molecule has 0 fully saturated rings. The number of amides is 1. The van der Waals surface area contributed by atoms with Gasteiger partial charge in [-0.1, -0.05) is 19.9 Å². The van der Waals surface area contributed by atoms with Gasteiger partial charge in [-0.15, -0.1) is 0 Å². The van der Waals surface area contributed by atoms with Crippen LogP contribution in [-0.4, -0.2) is 23.7 Å². The van der Waals surface area contributed by atoms with Crippen LogP contribution in [0.5, 0.6) is 0 Å². The van der Waals surface area contributed by atoms with Gasteiger partial charge in [0.2, 0.25) is 0 Å². The largest absolute Gasteiger partial charge is 0.419 e. The van der Waals surface area contributed by atoms with Crippen LogP contribution < -0.4 is 5.32 Å². The number of nitrogens with one attached hydrogen (secondary N) is 1. The second kappa shape index (κ2) is 6.89. The fraction of sp³-hybridized carbons (Fsp3) is 0.500. The Labute approximate surface area is 120 Å². The molecule has 118 valence electrons. The lowest BCUT2D eigenvalue weighted by molar-refractivity contribution is -0.140. The van der Waals surface area contributed by atoms with Crippen molar-refractivity contribution in [3.63, 3.8) is 0 Å². The molecule has 0 spiro atoms. The van der Waals surface area contributed by atoms with Crippen LogP contribution in [0.25, 0.3) is 0 Å². The monoisotopic (exact) mass is 307 g/mol. The van der Waals surface area contributed by atoms with Crippen LogP contribution in [0.3, 0.4) is 0 Å². The lowest BCUT2D eigenvalue weighted by Crippen LogP contribution is -2.39. The van der Waals surface area contributed by atoms with E-state index in [0.717, 1.165) is 12.1 Å². The highest BCUT2D eigenvalue weighted by atomic mass is 19.4. The molecule has 7 heteroatoms. The van der Waals surface area contributed by atoms with E-state index < -0.39 is 35.1 Å². The summed E-state index contributed by atoms with van der Waals surface area (Å²) < 4.78 is 51.6. The van der Waals surface area contributed by atoms with Crippen molar-refractivity contribution in [1.29, 1.82) is 0 Å². The molecule has 0 saturated carbocycles. The normalized spacial score (nSPS) is 13.3. The molecule has 0 heterocycles. The van der Waals surface area contributed by atoms with E-state index in [4.69, 9.17) is 5.11 Å². The maximum Gasteiger partial charge on any atom is 0.419 e. The van der Waals surface area contributed by atoms with Crippen LogP contribution in [-0.2, 0) is 6.18 Å². The van der Waals surface area contributed by atoms with Crippen molar-refractivity contribution in [2.75, 3.05) is 6.61 Å². The molecule has 21 heavy (non-hydrogen) atoms. The van der Waals surface area contributed by atoms with Crippen LogP contribution in [0.4, 0.5) is 17.6 Å². The summed E-state index contributed by atoms with van der Waals surface area (Å²) >= 11 is 0. The van der Waals surface area contributed by atoms with Crippen molar-refractivity contribution in [2.24, 2.45) is 5.92 Å². The highest BCUT2D eigenvalue weighted by Gasteiger charge is 2.35. The van der Waals surface area contributed by atoms with Gasteiger partial charge in [-0.2, -0.15) is 13.2 Å². The molecule has 0 aliphatic heterocycles. The second-order valence-electron chi connectivity index (χ2n) is 5.00. The maximum absolute atomic E-state index is 13.8. The minimum absolute atomic E-state index is 0.0463. The molecule has 0 aliphatic carbocycles. The van der Waals surface area contributed by atoms with Gasteiger partial charge in [0.15, 0.2) is 0 Å². The third-order valence-corrected chi connectivity index (χ3v) is 3.11. The molecule has 0 bridgehead atoms. The van der Waals surface area contributed by atoms with Gasteiger partial charge >= 0.3 is 6.18 Å². The predicted molar refractivity (Wildman–Crippen MR) is 69.2 cm³/mol. The van der Waals surface area contributed by atoms with Crippen LogP contribution in [0.1, 0.15) is 36.2 Å². The molecule has 0 aromatic heterocycles. The molecule has 1 aromatic carbocycles. The third kappa shape index (κ3) is 4.42. The summed E-state index contributed by atoms with van der Waals surface area (Å²) in [7, 11) is 0. The molecule has 2 N–H and O–H groups in total. The molecule has 1 aromatic rings. The van der Waals surface area contributed by atoms with E-state index >= 15 is 0 Å². The van der Waals surface area contributed by atoms with E-state index in [1.807, 2.05) is 0 Å². The Morgan fingerprint density at radius 3 is 2.43 bits per heavy atom. The van der Waals surface area contributed by atoms with E-state index in [2.05, 4.69) is 5.32 Å². The Bertz CT molecular complexity index is 500. The fourth-order valence-electron chi connectivity index (χ4n) is 1.88. The molecule has 1 rings (SSSR count). The Hall–Kier alpha value is -1.63. The Balaban J connectivity index is 3.03. The van der Waals surface area contributed by atoms with Gasteiger partial charge in [-0.05, 0) is 24.5 Å². The lowest BCUT2D eigenvalue weighted by Gasteiger charge is -2.22. The zero-order valence-electron chi connectivity index (χ0n) is 11.7. The minimum Gasteiger partial charge on any atom is -0.396 e. The number of hydrogen-bond donors (Lipinski definition) is 2. The number of aliphatic hydroxyl groups excluding tert-OH is 1. The van der Waals surface area contributed by atoms with Gasteiger partial charge in [0.25, 0.3) is 5.91 Å². The van der Waals surface area contributed by atoms with Crippen molar-refractivity contribution in [3.05, 3.63) is 35.1 Å². The quantitative estimate of drug-likeness (QED) is 0.822. The predicted octanol–water partition coefficient (Wildman–Crippen LogP) is 2.98. The number of rotatable bonds is 5. The van der Waals surface area contributed by atoms with Crippen molar-refractivity contribution in [3.8, 4) is 0 Å². The molecular formula is C14H17F4NO2. The van der Waals surface area contributed by atoms with Crippen molar-refractivity contribution >= 4 is 5.91 Å². The summed E-state index contributed by atoms with van der Waals surface area (Å²) in [5, 5.41) is 11.3. The Kier molecular flexibility index (Phi) is 5.71. The second-order valence-corrected chi connectivity index (χ2v) is 5.00. The van der Waals surface area contributed by atoms with E-state index in [-0.39, 0.29) is 18.9 Å². The number of benzene rings is 1. The number of alkyl halides is 3. The van der Waals surface area contributed by atoms with Gasteiger partial charge in [0.05, 0.1) is 11.1 Å². The topological polar surface area (TPSA) is 49.3 Å². The number of halogens is 4. The average molecular weight is 307 g/mol. The van der Waals surface area contributed by atoms with Gasteiger partial charge in [0, 0.05) is 12.6 Å². The molecule has 0 aliphatic rings. The van der Waals surface area contributed by atoms with Gasteiger partial charge in [0.1, 0.15) is 5.82 Å². The molecule has 1 atom stereocenters. The lowest BCUT2D eigenvalue weighted by atomic mass is 10.0. The highest BCUT2D eigenvalue weighted by molar-refractivity contribution is 5.94. The summed E-state index contributed by atoms with van der Waals surface area (Å²) in [4.78, 5) is 11.9. The van der Waals surface area contributed by atoms with Crippen LogP contribution in [0.15, 0.2) is 18.2 Å². The molecule has 3 nitrogen and oxygen atoms in total. The van der Waals surface area contributed by atoms with Crippen LogP contribution >= 0.6 is 0 Å². The van der Waals surface area contributed by atoms with Crippen molar-refractivity contribution in [2.45, 2.75) is 32.5 Å². The Morgan fingerprint density at radius 1 is 1.33 bits per heavy atom. The van der Waals surface area contributed by atoms with Crippen molar-refractivity contribution < 1.29 is 27.5 Å². The summed E-state index contributed by atoms with van der Waals surface area (Å²) in [5.74, 6) is -2.56. The van der Waals surface area contributed by atoms with E-state index in [0.29, 0.717) is 6.07 Å². The average Bonchev–Trinajstić information content (AvgIpc) is 2.36. The first-order chi connectivity index (χ1) is 9.68.